The van der Waals surface area contributed by atoms with E-state index >= 15 is 0 Å². The van der Waals surface area contributed by atoms with Gasteiger partial charge in [0.25, 0.3) is 0 Å². The van der Waals surface area contributed by atoms with Crippen LogP contribution in [0.1, 0.15) is 32.4 Å². The topological polar surface area (TPSA) is 44.0 Å². The Morgan fingerprint density at radius 3 is 2.32 bits per heavy atom. The molecule has 0 saturated carbocycles. The van der Waals surface area contributed by atoms with Crippen molar-refractivity contribution in [3.63, 3.8) is 0 Å². The Balaban J connectivity index is 2.47. The summed E-state index contributed by atoms with van der Waals surface area (Å²) >= 11 is 0. The maximum absolute atomic E-state index is 10.5. The molecular formula is C17H19NO. The van der Waals surface area contributed by atoms with Crippen LogP contribution >= 0.6 is 0 Å². The smallest absolute Gasteiger partial charge is 0.0976 e. The van der Waals surface area contributed by atoms with Crippen molar-refractivity contribution < 1.29 is 5.11 Å². The van der Waals surface area contributed by atoms with Gasteiger partial charge in [0.1, 0.15) is 0 Å². The zero-order valence-electron chi connectivity index (χ0n) is 11.6. The van der Waals surface area contributed by atoms with Crippen LogP contribution in [-0.2, 0) is 0 Å². The molecule has 0 radical (unpaired) electrons. The van der Waals surface area contributed by atoms with E-state index in [4.69, 9.17) is 0 Å². The van der Waals surface area contributed by atoms with Gasteiger partial charge in [-0.2, -0.15) is 5.26 Å². The summed E-state index contributed by atoms with van der Waals surface area (Å²) in [6, 6.07) is 16.2. The minimum Gasteiger partial charge on any atom is -0.387 e. The molecule has 2 heteroatoms. The second kappa shape index (κ2) is 5.03. The predicted molar refractivity (Wildman–Crippen MR) is 77.5 cm³/mol. The van der Waals surface area contributed by atoms with Crippen LogP contribution in [0.25, 0.3) is 10.8 Å². The Labute approximate surface area is 114 Å². The maximum atomic E-state index is 10.5. The first-order chi connectivity index (χ1) is 8.99. The molecule has 0 aliphatic rings. The lowest BCUT2D eigenvalue weighted by Crippen LogP contribution is -2.29. The van der Waals surface area contributed by atoms with Crippen molar-refractivity contribution in [2.75, 3.05) is 0 Å². The number of nitriles is 1. The molecule has 2 nitrogen and oxygen atoms in total. The van der Waals surface area contributed by atoms with Gasteiger partial charge in [-0.1, -0.05) is 50.2 Å². The third kappa shape index (κ3) is 2.34. The number of benzene rings is 2. The van der Waals surface area contributed by atoms with Crippen molar-refractivity contribution in [3.8, 4) is 6.07 Å². The molecule has 2 aromatic rings. The van der Waals surface area contributed by atoms with Crippen LogP contribution in [-0.4, -0.2) is 5.11 Å². The van der Waals surface area contributed by atoms with E-state index in [0.29, 0.717) is 0 Å². The van der Waals surface area contributed by atoms with Crippen LogP contribution < -0.4 is 0 Å². The maximum Gasteiger partial charge on any atom is 0.0976 e. The molecule has 2 atom stereocenters. The molecule has 0 aliphatic heterocycles. The van der Waals surface area contributed by atoms with Crippen molar-refractivity contribution in [2.45, 2.75) is 26.9 Å². The highest BCUT2D eigenvalue weighted by Crippen LogP contribution is 2.40. The van der Waals surface area contributed by atoms with Crippen molar-refractivity contribution in [1.29, 1.82) is 5.26 Å². The molecule has 0 aliphatic carbocycles. The van der Waals surface area contributed by atoms with E-state index in [1.807, 2.05) is 63.2 Å². The number of fused-ring (bicyclic) bond motifs is 1. The van der Waals surface area contributed by atoms with E-state index < -0.39 is 11.5 Å². The van der Waals surface area contributed by atoms with Gasteiger partial charge in [-0.05, 0) is 35.2 Å². The van der Waals surface area contributed by atoms with E-state index in [2.05, 4.69) is 6.07 Å². The second-order valence-electron chi connectivity index (χ2n) is 5.56. The molecule has 0 unspecified atom stereocenters. The quantitative estimate of drug-likeness (QED) is 0.896. The Kier molecular flexibility index (Phi) is 3.59. The summed E-state index contributed by atoms with van der Waals surface area (Å²) in [5, 5.41) is 22.2. The van der Waals surface area contributed by atoms with Crippen molar-refractivity contribution in [2.24, 2.45) is 11.3 Å². The van der Waals surface area contributed by atoms with Gasteiger partial charge in [0, 0.05) is 0 Å². The van der Waals surface area contributed by atoms with E-state index in [0.717, 1.165) is 16.3 Å². The summed E-state index contributed by atoms with van der Waals surface area (Å²) in [5.41, 5.74) is 0.0269. The van der Waals surface area contributed by atoms with Gasteiger partial charge in [0.2, 0.25) is 0 Å². The summed E-state index contributed by atoms with van der Waals surface area (Å²) < 4.78 is 0. The molecule has 2 aromatic carbocycles. The molecule has 0 fully saturated rings. The molecule has 1 N–H and O–H groups in total. The van der Waals surface area contributed by atoms with Crippen LogP contribution in [0.5, 0.6) is 0 Å². The van der Waals surface area contributed by atoms with E-state index in [1.165, 1.54) is 0 Å². The third-order valence-corrected chi connectivity index (χ3v) is 4.10. The van der Waals surface area contributed by atoms with Crippen LogP contribution in [0.3, 0.4) is 0 Å². The Hall–Kier alpha value is -1.85. The highest BCUT2D eigenvalue weighted by atomic mass is 16.3. The minimum absolute atomic E-state index is 0.0824. The molecule has 19 heavy (non-hydrogen) atoms. The SMILES string of the molecule is CC(C)[C@](C)(C#N)[C@@H](O)c1ccc2ccccc2c1. The van der Waals surface area contributed by atoms with E-state index in [-0.39, 0.29) is 5.92 Å². The van der Waals surface area contributed by atoms with Gasteiger partial charge in [-0.15, -0.1) is 0 Å². The van der Waals surface area contributed by atoms with Crippen LogP contribution in [0.2, 0.25) is 0 Å². The number of rotatable bonds is 3. The predicted octanol–water partition coefficient (Wildman–Crippen LogP) is 4.06. The van der Waals surface area contributed by atoms with Crippen molar-refractivity contribution >= 4 is 10.8 Å². The summed E-state index contributed by atoms with van der Waals surface area (Å²) in [4.78, 5) is 0. The summed E-state index contributed by atoms with van der Waals surface area (Å²) in [5.74, 6) is 0.0824. The zero-order chi connectivity index (χ0) is 14.0. The average molecular weight is 253 g/mol. The van der Waals surface area contributed by atoms with Crippen LogP contribution in [0, 0.1) is 22.7 Å². The monoisotopic (exact) mass is 253 g/mol. The molecule has 0 aromatic heterocycles. The first-order valence-corrected chi connectivity index (χ1v) is 6.57. The van der Waals surface area contributed by atoms with Gasteiger partial charge in [-0.25, -0.2) is 0 Å². The van der Waals surface area contributed by atoms with Crippen molar-refractivity contribution in [1.82, 2.24) is 0 Å². The molecule has 0 amide bonds. The molecule has 0 heterocycles. The summed E-state index contributed by atoms with van der Waals surface area (Å²) in [7, 11) is 0. The number of hydrogen-bond acceptors (Lipinski definition) is 2. The zero-order valence-corrected chi connectivity index (χ0v) is 11.6. The number of aliphatic hydroxyl groups excluding tert-OH is 1. The fourth-order valence-corrected chi connectivity index (χ4v) is 2.23. The highest BCUT2D eigenvalue weighted by Gasteiger charge is 2.37. The van der Waals surface area contributed by atoms with Gasteiger partial charge in [0.15, 0.2) is 0 Å². The van der Waals surface area contributed by atoms with Crippen LogP contribution in [0.15, 0.2) is 42.5 Å². The molecule has 0 saturated heterocycles. The third-order valence-electron chi connectivity index (χ3n) is 4.10. The molecule has 0 spiro atoms. The Morgan fingerprint density at radius 2 is 1.74 bits per heavy atom. The fourth-order valence-electron chi connectivity index (χ4n) is 2.23. The number of aliphatic hydroxyl groups is 1. The summed E-state index contributed by atoms with van der Waals surface area (Å²) in [6.07, 6.45) is -0.776. The lowest BCUT2D eigenvalue weighted by molar-refractivity contribution is 0.0437. The van der Waals surface area contributed by atoms with Gasteiger partial charge in [-0.3, -0.25) is 0 Å². The minimum atomic E-state index is -0.776. The first kappa shape index (κ1) is 13.6. The van der Waals surface area contributed by atoms with E-state index in [1.54, 1.807) is 0 Å². The largest absolute Gasteiger partial charge is 0.387 e. The standard InChI is InChI=1S/C17H19NO/c1-12(2)17(3,11-18)16(19)15-9-8-13-6-4-5-7-14(13)10-15/h4-10,12,16,19H,1-3H3/t16-,17-/m0/s1. The van der Waals surface area contributed by atoms with Gasteiger partial charge >= 0.3 is 0 Å². The molecule has 98 valence electrons. The van der Waals surface area contributed by atoms with Gasteiger partial charge < -0.3 is 5.11 Å². The molecule has 2 rings (SSSR count). The lowest BCUT2D eigenvalue weighted by atomic mass is 9.73. The van der Waals surface area contributed by atoms with Crippen molar-refractivity contribution in [3.05, 3.63) is 48.0 Å². The Bertz CT molecular complexity index is 626. The first-order valence-electron chi connectivity index (χ1n) is 6.57. The van der Waals surface area contributed by atoms with E-state index in [9.17, 15) is 10.4 Å². The highest BCUT2D eigenvalue weighted by molar-refractivity contribution is 5.83. The summed E-state index contributed by atoms with van der Waals surface area (Å²) in [6.45, 7) is 5.75. The number of hydrogen-bond donors (Lipinski definition) is 1. The second-order valence-corrected chi connectivity index (χ2v) is 5.56. The molecule has 0 bridgehead atoms. The Morgan fingerprint density at radius 1 is 1.11 bits per heavy atom. The molecular weight excluding hydrogens is 234 g/mol. The van der Waals surface area contributed by atoms with Crippen LogP contribution in [0.4, 0.5) is 0 Å². The van der Waals surface area contributed by atoms with Gasteiger partial charge in [0.05, 0.1) is 17.6 Å². The average Bonchev–Trinajstić information content (AvgIpc) is 2.44. The number of nitrogens with zero attached hydrogens (tertiary/aromatic N) is 1. The fraction of sp³-hybridized carbons (Fsp3) is 0.353. The lowest BCUT2D eigenvalue weighted by Gasteiger charge is -2.31. The normalized spacial score (nSPS) is 16.0.